The number of anilines is 1. The van der Waals surface area contributed by atoms with Gasteiger partial charge in [0.2, 0.25) is 0 Å². The lowest BCUT2D eigenvalue weighted by Gasteiger charge is -2.40. The first-order valence-corrected chi connectivity index (χ1v) is 10.3. The number of methoxy groups -OCH3 is 1. The number of likely N-dealkylation sites (tertiary alicyclic amines) is 1. The summed E-state index contributed by atoms with van der Waals surface area (Å²) in [5, 5.41) is 20.3. The molecule has 1 fully saturated rings. The molecule has 1 heterocycles. The molecule has 0 bridgehead atoms. The number of carbonyl (C=O) groups is 1. The second kappa shape index (κ2) is 9.75. The zero-order chi connectivity index (χ0) is 21.6. The van der Waals surface area contributed by atoms with Crippen LogP contribution in [0.25, 0.3) is 0 Å². The van der Waals surface area contributed by atoms with E-state index in [-0.39, 0.29) is 5.97 Å². The number of likely N-dealkylation sites (N-methyl/N-ethyl adjacent to an activating group) is 1. The van der Waals surface area contributed by atoms with E-state index in [9.17, 15) is 15.2 Å². The predicted molar refractivity (Wildman–Crippen MR) is 117 cm³/mol. The lowest BCUT2D eigenvalue weighted by molar-refractivity contribution is -0.0137. The summed E-state index contributed by atoms with van der Waals surface area (Å²) in [5.74, 6) is -0.354. The Morgan fingerprint density at radius 1 is 1.20 bits per heavy atom. The van der Waals surface area contributed by atoms with Crippen LogP contribution in [0.1, 0.15) is 34.3 Å². The first-order chi connectivity index (χ1) is 14.4. The first-order valence-electron chi connectivity index (χ1n) is 10.3. The number of nitrogens with zero attached hydrogens (tertiary/aromatic N) is 3. The molecule has 0 atom stereocenters. The van der Waals surface area contributed by atoms with Crippen molar-refractivity contribution in [2.75, 3.05) is 45.2 Å². The second-order valence-electron chi connectivity index (χ2n) is 7.98. The van der Waals surface area contributed by atoms with Crippen LogP contribution in [-0.2, 0) is 11.2 Å². The summed E-state index contributed by atoms with van der Waals surface area (Å²) < 4.78 is 4.73. The van der Waals surface area contributed by atoms with Gasteiger partial charge in [0.25, 0.3) is 0 Å². The Balaban J connectivity index is 1.50. The normalized spacial score (nSPS) is 15.9. The maximum atomic E-state index is 11.6. The Hall–Kier alpha value is -2.88. The molecular weight excluding hydrogens is 378 g/mol. The summed E-state index contributed by atoms with van der Waals surface area (Å²) in [6.07, 6.45) is 2.25. The summed E-state index contributed by atoms with van der Waals surface area (Å²) in [6, 6.07) is 17.2. The maximum Gasteiger partial charge on any atom is 0.337 e. The van der Waals surface area contributed by atoms with Crippen molar-refractivity contribution < 1.29 is 14.6 Å². The van der Waals surface area contributed by atoms with E-state index in [2.05, 4.69) is 11.0 Å². The van der Waals surface area contributed by atoms with Crippen LogP contribution in [0.15, 0.2) is 48.5 Å². The topological polar surface area (TPSA) is 76.8 Å². The van der Waals surface area contributed by atoms with Gasteiger partial charge in [-0.05, 0) is 55.2 Å². The van der Waals surface area contributed by atoms with E-state index in [4.69, 9.17) is 4.74 Å². The van der Waals surface area contributed by atoms with Crippen LogP contribution in [0.5, 0.6) is 0 Å². The van der Waals surface area contributed by atoms with E-state index in [0.29, 0.717) is 24.9 Å². The van der Waals surface area contributed by atoms with Gasteiger partial charge in [-0.2, -0.15) is 5.26 Å². The minimum Gasteiger partial charge on any atom is -0.465 e. The van der Waals surface area contributed by atoms with Gasteiger partial charge in [-0.25, -0.2) is 4.79 Å². The Morgan fingerprint density at radius 2 is 1.87 bits per heavy atom. The lowest BCUT2D eigenvalue weighted by atomic mass is 9.90. The molecule has 1 saturated heterocycles. The predicted octanol–water partition coefficient (Wildman–Crippen LogP) is 2.85. The smallest absolute Gasteiger partial charge is 0.337 e. The summed E-state index contributed by atoms with van der Waals surface area (Å²) in [4.78, 5) is 16.0. The molecule has 2 aromatic carbocycles. The highest BCUT2D eigenvalue weighted by atomic mass is 16.5. The van der Waals surface area contributed by atoms with Crippen LogP contribution in [0, 0.1) is 11.3 Å². The van der Waals surface area contributed by atoms with Crippen LogP contribution in [0.3, 0.4) is 0 Å². The largest absolute Gasteiger partial charge is 0.465 e. The SMILES string of the molecule is COC(=O)c1ccc(N(C)CC2(O)CCN(CCc3ccccc3C#N)CC2)cc1. The molecule has 3 rings (SSSR count). The number of piperidine rings is 1. The van der Waals surface area contributed by atoms with Gasteiger partial charge in [0.05, 0.1) is 29.9 Å². The zero-order valence-corrected chi connectivity index (χ0v) is 17.7. The fourth-order valence-electron chi connectivity index (χ4n) is 3.98. The molecule has 0 aliphatic carbocycles. The van der Waals surface area contributed by atoms with Crippen molar-refractivity contribution in [2.45, 2.75) is 24.9 Å². The Bertz CT molecular complexity index is 897. The van der Waals surface area contributed by atoms with Crippen molar-refractivity contribution in [1.82, 2.24) is 4.90 Å². The summed E-state index contributed by atoms with van der Waals surface area (Å²) in [5.41, 5.74) is 2.55. The average molecular weight is 408 g/mol. The number of benzene rings is 2. The van der Waals surface area contributed by atoms with Gasteiger partial charge in [-0.15, -0.1) is 0 Å². The van der Waals surface area contributed by atoms with E-state index in [0.717, 1.165) is 42.9 Å². The van der Waals surface area contributed by atoms with Crippen molar-refractivity contribution in [3.05, 3.63) is 65.2 Å². The summed E-state index contributed by atoms with van der Waals surface area (Å²) >= 11 is 0. The standard InChI is InChI=1S/C24H29N3O3/c1-26(22-9-7-20(8-10-22)23(28)30-2)18-24(29)12-15-27(16-13-24)14-11-19-5-3-4-6-21(19)17-25/h3-10,29H,11-16,18H2,1-2H3. The lowest BCUT2D eigenvalue weighted by Crippen LogP contribution is -2.50. The van der Waals surface area contributed by atoms with Gasteiger partial charge < -0.3 is 19.6 Å². The van der Waals surface area contributed by atoms with Crippen LogP contribution in [0.4, 0.5) is 5.69 Å². The zero-order valence-electron chi connectivity index (χ0n) is 17.7. The second-order valence-corrected chi connectivity index (χ2v) is 7.98. The number of carbonyl (C=O) groups excluding carboxylic acids is 1. The number of hydrogen-bond donors (Lipinski definition) is 1. The van der Waals surface area contributed by atoms with Crippen LogP contribution in [0.2, 0.25) is 0 Å². The number of nitriles is 1. The first kappa shape index (κ1) is 21.8. The molecule has 0 radical (unpaired) electrons. The van der Waals surface area contributed by atoms with Crippen molar-refractivity contribution in [1.29, 1.82) is 5.26 Å². The molecule has 1 N–H and O–H groups in total. The van der Waals surface area contributed by atoms with E-state index in [1.165, 1.54) is 7.11 Å². The van der Waals surface area contributed by atoms with Gasteiger partial charge >= 0.3 is 5.97 Å². The highest BCUT2D eigenvalue weighted by Crippen LogP contribution is 2.26. The molecule has 0 saturated carbocycles. The third-order valence-electron chi connectivity index (χ3n) is 5.88. The molecule has 0 spiro atoms. The fourth-order valence-corrected chi connectivity index (χ4v) is 3.98. The van der Waals surface area contributed by atoms with Crippen molar-refractivity contribution in [2.24, 2.45) is 0 Å². The quantitative estimate of drug-likeness (QED) is 0.712. The maximum absolute atomic E-state index is 11.6. The molecule has 2 aromatic rings. The molecule has 1 aliphatic rings. The summed E-state index contributed by atoms with van der Waals surface area (Å²) in [6.45, 7) is 3.09. The molecule has 1 aliphatic heterocycles. The number of hydrogen-bond acceptors (Lipinski definition) is 6. The van der Waals surface area contributed by atoms with Gasteiger partial charge in [0, 0.05) is 38.9 Å². The summed E-state index contributed by atoms with van der Waals surface area (Å²) in [7, 11) is 3.32. The minimum absolute atomic E-state index is 0.354. The third kappa shape index (κ3) is 5.38. The average Bonchev–Trinajstić information content (AvgIpc) is 2.78. The fraction of sp³-hybridized carbons (Fsp3) is 0.417. The van der Waals surface area contributed by atoms with Crippen LogP contribution >= 0.6 is 0 Å². The Labute approximate surface area is 178 Å². The molecule has 6 nitrogen and oxygen atoms in total. The number of ether oxygens (including phenoxy) is 1. The molecule has 158 valence electrons. The molecule has 0 aromatic heterocycles. The monoisotopic (exact) mass is 407 g/mol. The molecule has 30 heavy (non-hydrogen) atoms. The van der Waals surface area contributed by atoms with Crippen molar-refractivity contribution >= 4 is 11.7 Å². The van der Waals surface area contributed by atoms with Crippen LogP contribution in [-0.4, -0.2) is 61.9 Å². The Kier molecular flexibility index (Phi) is 7.09. The molecule has 0 unspecified atom stereocenters. The van der Waals surface area contributed by atoms with Crippen molar-refractivity contribution in [3.63, 3.8) is 0 Å². The van der Waals surface area contributed by atoms with E-state index >= 15 is 0 Å². The van der Waals surface area contributed by atoms with Gasteiger partial charge in [-0.1, -0.05) is 18.2 Å². The van der Waals surface area contributed by atoms with E-state index in [1.54, 1.807) is 12.1 Å². The van der Waals surface area contributed by atoms with Gasteiger partial charge in [-0.3, -0.25) is 0 Å². The van der Waals surface area contributed by atoms with E-state index < -0.39 is 5.60 Å². The highest BCUT2D eigenvalue weighted by molar-refractivity contribution is 5.89. The minimum atomic E-state index is -0.739. The highest BCUT2D eigenvalue weighted by Gasteiger charge is 2.33. The Morgan fingerprint density at radius 3 is 2.50 bits per heavy atom. The van der Waals surface area contributed by atoms with Gasteiger partial charge in [0.1, 0.15) is 0 Å². The van der Waals surface area contributed by atoms with Crippen molar-refractivity contribution in [3.8, 4) is 6.07 Å². The number of aliphatic hydroxyl groups is 1. The number of rotatable bonds is 7. The molecule has 0 amide bonds. The number of esters is 1. The van der Waals surface area contributed by atoms with Crippen LogP contribution < -0.4 is 4.90 Å². The third-order valence-corrected chi connectivity index (χ3v) is 5.88. The van der Waals surface area contributed by atoms with E-state index in [1.807, 2.05) is 48.3 Å². The molecule has 6 heteroatoms. The van der Waals surface area contributed by atoms with Gasteiger partial charge in [0.15, 0.2) is 0 Å². The molecular formula is C24H29N3O3.